The molecule has 3 heterocycles. The molecule has 0 aliphatic carbocycles. The molecule has 0 unspecified atom stereocenters. The molecule has 0 bridgehead atoms. The zero-order valence-corrected chi connectivity index (χ0v) is 19.4. The summed E-state index contributed by atoms with van der Waals surface area (Å²) in [6.45, 7) is 2.82. The van der Waals surface area contributed by atoms with Crippen molar-refractivity contribution in [1.82, 2.24) is 19.8 Å². The van der Waals surface area contributed by atoms with Gasteiger partial charge in [-0.3, -0.25) is 4.79 Å². The topological polar surface area (TPSA) is 59.4 Å². The summed E-state index contributed by atoms with van der Waals surface area (Å²) in [7, 11) is 1.59. The summed E-state index contributed by atoms with van der Waals surface area (Å²) in [5.41, 5.74) is 3.34. The molecule has 5 rings (SSSR count). The zero-order chi connectivity index (χ0) is 24.7. The van der Waals surface area contributed by atoms with Gasteiger partial charge >= 0.3 is 0 Å². The molecule has 2 aromatic carbocycles. The van der Waals surface area contributed by atoms with Crippen molar-refractivity contribution < 1.29 is 22.7 Å². The van der Waals surface area contributed by atoms with Crippen LogP contribution < -0.4 is 10.1 Å². The van der Waals surface area contributed by atoms with Crippen LogP contribution in [0, 0.1) is 24.4 Å². The lowest BCUT2D eigenvalue weighted by Crippen LogP contribution is -2.57. The summed E-state index contributed by atoms with van der Waals surface area (Å²) in [6.07, 6.45) is 6.71. The quantitative estimate of drug-likeness (QED) is 0.445. The first-order valence-corrected chi connectivity index (χ1v) is 11.4. The molecule has 0 spiro atoms. The predicted molar refractivity (Wildman–Crippen MR) is 125 cm³/mol. The molecule has 2 aliphatic rings. The van der Waals surface area contributed by atoms with Gasteiger partial charge in [0.15, 0.2) is 17.5 Å². The maximum atomic E-state index is 13.9. The van der Waals surface area contributed by atoms with Crippen LogP contribution in [0.3, 0.4) is 0 Å². The van der Waals surface area contributed by atoms with Crippen LogP contribution >= 0.6 is 0 Å². The van der Waals surface area contributed by atoms with Crippen molar-refractivity contribution in [1.29, 1.82) is 0 Å². The number of hydrogen-bond donors (Lipinski definition) is 1. The highest BCUT2D eigenvalue weighted by Crippen LogP contribution is 2.36. The van der Waals surface area contributed by atoms with E-state index in [4.69, 9.17) is 4.74 Å². The minimum atomic E-state index is -1.51. The third-order valence-electron chi connectivity index (χ3n) is 6.63. The zero-order valence-electron chi connectivity index (χ0n) is 19.4. The molecule has 2 aliphatic heterocycles. The molecule has 2 fully saturated rings. The summed E-state index contributed by atoms with van der Waals surface area (Å²) in [4.78, 5) is 19.5. The van der Waals surface area contributed by atoms with Crippen LogP contribution in [0.25, 0.3) is 11.8 Å². The lowest BCUT2D eigenvalue weighted by molar-refractivity contribution is -0.135. The smallest absolute Gasteiger partial charge is 0.250 e. The minimum absolute atomic E-state index is 0.115. The number of halogens is 3. The number of piperidine rings is 1. The van der Waals surface area contributed by atoms with Gasteiger partial charge in [-0.05, 0) is 61.2 Å². The Bertz CT molecular complexity index is 1300. The monoisotopic (exact) mass is 482 g/mol. The summed E-state index contributed by atoms with van der Waals surface area (Å²) in [6, 6.07) is 6.89. The fourth-order valence-corrected chi connectivity index (χ4v) is 4.91. The molecule has 35 heavy (non-hydrogen) atoms. The van der Waals surface area contributed by atoms with E-state index >= 15 is 0 Å². The SMILES string of the molecule is COc1cc(C=C2CC[C@H]3CNC[C@H](c4cc(F)c(F)c(F)c4)N3C2=O)ccc1-n1cnc(C)c1. The standard InChI is InChI=1S/C26H25F3N4O2/c1-15-13-32(14-31-15)22-6-3-16(8-24(22)35-2)7-17-4-5-19-11-30-12-23(33(19)26(17)34)18-9-20(27)25(29)21(28)10-18/h3,6-10,13-14,19,23,30H,4-5,11-12H2,1-2H3/t19-,23+/m0/s1. The molecule has 1 amide bonds. The van der Waals surface area contributed by atoms with E-state index in [1.807, 2.05) is 42.0 Å². The van der Waals surface area contributed by atoms with Crippen molar-refractivity contribution in [2.24, 2.45) is 0 Å². The number of rotatable bonds is 4. The number of aryl methyl sites for hydroxylation is 1. The highest BCUT2D eigenvalue weighted by atomic mass is 19.2. The van der Waals surface area contributed by atoms with Crippen LogP contribution in [0.5, 0.6) is 5.75 Å². The van der Waals surface area contributed by atoms with E-state index in [0.717, 1.165) is 29.1 Å². The van der Waals surface area contributed by atoms with Crippen molar-refractivity contribution in [2.75, 3.05) is 20.2 Å². The number of benzene rings is 2. The number of nitrogens with zero attached hydrogens (tertiary/aromatic N) is 3. The number of carbonyl (C=O) groups excluding carboxylic acids is 1. The van der Waals surface area contributed by atoms with Crippen molar-refractivity contribution in [3.63, 3.8) is 0 Å². The molecule has 2 saturated heterocycles. The number of imidazole rings is 1. The van der Waals surface area contributed by atoms with E-state index in [9.17, 15) is 18.0 Å². The average Bonchev–Trinajstić information content (AvgIpc) is 3.29. The van der Waals surface area contributed by atoms with Gasteiger partial charge in [-0.1, -0.05) is 6.07 Å². The number of aromatic nitrogens is 2. The number of piperazine rings is 1. The maximum absolute atomic E-state index is 13.9. The van der Waals surface area contributed by atoms with Crippen molar-refractivity contribution in [3.8, 4) is 11.4 Å². The number of ether oxygens (including phenoxy) is 1. The van der Waals surface area contributed by atoms with Gasteiger partial charge in [0.05, 0.1) is 30.9 Å². The minimum Gasteiger partial charge on any atom is -0.495 e. The lowest BCUT2D eigenvalue weighted by atomic mass is 9.89. The van der Waals surface area contributed by atoms with Crippen LogP contribution in [0.1, 0.15) is 35.7 Å². The summed E-state index contributed by atoms with van der Waals surface area (Å²) < 4.78 is 48.8. The van der Waals surface area contributed by atoms with Crippen molar-refractivity contribution in [3.05, 3.63) is 82.7 Å². The van der Waals surface area contributed by atoms with Gasteiger partial charge in [0.25, 0.3) is 5.91 Å². The van der Waals surface area contributed by atoms with E-state index in [0.29, 0.717) is 37.3 Å². The second kappa shape index (κ2) is 9.22. The maximum Gasteiger partial charge on any atom is 0.250 e. The molecule has 1 aromatic heterocycles. The Morgan fingerprint density at radius 1 is 1.14 bits per heavy atom. The molecule has 1 N–H and O–H groups in total. The lowest BCUT2D eigenvalue weighted by Gasteiger charge is -2.46. The molecule has 0 radical (unpaired) electrons. The average molecular weight is 483 g/mol. The Morgan fingerprint density at radius 2 is 1.91 bits per heavy atom. The largest absolute Gasteiger partial charge is 0.495 e. The van der Waals surface area contributed by atoms with E-state index in [-0.39, 0.29) is 17.5 Å². The number of nitrogens with one attached hydrogen (secondary N) is 1. The van der Waals surface area contributed by atoms with Gasteiger partial charge in [0, 0.05) is 30.9 Å². The fraction of sp³-hybridized carbons (Fsp3) is 0.308. The molecule has 0 saturated carbocycles. The van der Waals surface area contributed by atoms with E-state index in [1.54, 1.807) is 18.3 Å². The Morgan fingerprint density at radius 3 is 2.60 bits per heavy atom. The van der Waals surface area contributed by atoms with Gasteiger partial charge in [-0.25, -0.2) is 18.2 Å². The van der Waals surface area contributed by atoms with Crippen molar-refractivity contribution in [2.45, 2.75) is 31.8 Å². The number of fused-ring (bicyclic) bond motifs is 1. The first kappa shape index (κ1) is 23.2. The number of carbonyl (C=O) groups is 1. The van der Waals surface area contributed by atoms with Gasteiger partial charge < -0.3 is 19.5 Å². The first-order chi connectivity index (χ1) is 16.9. The molecule has 6 nitrogen and oxygen atoms in total. The molecule has 2 atom stereocenters. The summed E-state index contributed by atoms with van der Waals surface area (Å²) in [5.74, 6) is -3.59. The Hall–Kier alpha value is -3.59. The van der Waals surface area contributed by atoms with Crippen LogP contribution in [0.2, 0.25) is 0 Å². The Kier molecular flexibility index (Phi) is 6.10. The third kappa shape index (κ3) is 4.32. The second-order valence-electron chi connectivity index (χ2n) is 8.90. The molecular weight excluding hydrogens is 457 g/mol. The van der Waals surface area contributed by atoms with E-state index < -0.39 is 23.5 Å². The first-order valence-electron chi connectivity index (χ1n) is 11.4. The van der Waals surface area contributed by atoms with Crippen molar-refractivity contribution >= 4 is 12.0 Å². The third-order valence-corrected chi connectivity index (χ3v) is 6.63. The van der Waals surface area contributed by atoms with E-state index in [1.165, 1.54) is 0 Å². The van der Waals surface area contributed by atoms with Crippen LogP contribution in [-0.4, -0.2) is 46.6 Å². The summed E-state index contributed by atoms with van der Waals surface area (Å²) >= 11 is 0. The van der Waals surface area contributed by atoms with Crippen LogP contribution in [-0.2, 0) is 4.79 Å². The number of hydrogen-bond acceptors (Lipinski definition) is 4. The molecule has 182 valence electrons. The Balaban J connectivity index is 1.46. The van der Waals surface area contributed by atoms with Gasteiger partial charge in [-0.15, -0.1) is 0 Å². The van der Waals surface area contributed by atoms with Gasteiger partial charge in [-0.2, -0.15) is 0 Å². The summed E-state index contributed by atoms with van der Waals surface area (Å²) in [5, 5.41) is 3.23. The molecule has 9 heteroatoms. The highest BCUT2D eigenvalue weighted by Gasteiger charge is 2.39. The fourth-order valence-electron chi connectivity index (χ4n) is 4.91. The normalized spacial score (nSPS) is 21.3. The van der Waals surface area contributed by atoms with E-state index in [2.05, 4.69) is 10.3 Å². The molecule has 3 aromatic rings. The predicted octanol–water partition coefficient (Wildman–Crippen LogP) is 4.33. The van der Waals surface area contributed by atoms with Gasteiger partial charge in [0.1, 0.15) is 5.75 Å². The second-order valence-corrected chi connectivity index (χ2v) is 8.90. The van der Waals surface area contributed by atoms with Gasteiger partial charge in [0.2, 0.25) is 0 Å². The Labute approximate surface area is 201 Å². The van der Waals surface area contributed by atoms with Crippen LogP contribution in [0.15, 0.2) is 48.4 Å². The number of amides is 1. The molecular formula is C26H25F3N4O2. The van der Waals surface area contributed by atoms with Crippen LogP contribution in [0.4, 0.5) is 13.2 Å². The highest BCUT2D eigenvalue weighted by molar-refractivity contribution is 5.99. The number of methoxy groups -OCH3 is 1.